The normalized spacial score (nSPS) is 10.1. The standard InChI is InChI=1S/C16H25N3O2.3C2H6/c1-11(2)8-9-13(12(3)18-4)15(17)14(7-6-10-20)16(21)19-5;3*1-2/h8-10,14,17-18H,3,6-7H2,1-2,4-5H3,(H,19,21);3*1-2H3/b13-9+,17-15?;;;. The molecule has 1 unspecified atom stereocenters. The topological polar surface area (TPSA) is 82.1 Å². The van der Waals surface area contributed by atoms with Gasteiger partial charge in [0.1, 0.15) is 6.29 Å². The van der Waals surface area contributed by atoms with Gasteiger partial charge in [0.15, 0.2) is 0 Å². The maximum Gasteiger partial charge on any atom is 0.228 e. The number of amides is 1. The molecule has 3 N–H and O–H groups in total. The molecule has 0 heterocycles. The molecule has 0 bridgehead atoms. The number of rotatable bonds is 9. The van der Waals surface area contributed by atoms with Crippen molar-refractivity contribution in [1.29, 1.82) is 5.41 Å². The van der Waals surface area contributed by atoms with Crippen LogP contribution in [0.1, 0.15) is 68.2 Å². The fourth-order valence-electron chi connectivity index (χ4n) is 1.74. The van der Waals surface area contributed by atoms with Crippen molar-refractivity contribution in [1.82, 2.24) is 10.6 Å². The van der Waals surface area contributed by atoms with Crippen molar-refractivity contribution in [2.24, 2.45) is 5.92 Å². The summed E-state index contributed by atoms with van der Waals surface area (Å²) in [5.41, 5.74) is 2.37. The second-order valence-electron chi connectivity index (χ2n) is 4.88. The Hall–Kier alpha value is -2.17. The van der Waals surface area contributed by atoms with E-state index in [4.69, 9.17) is 5.41 Å². The predicted molar refractivity (Wildman–Crippen MR) is 120 cm³/mol. The van der Waals surface area contributed by atoms with Crippen LogP contribution in [0.5, 0.6) is 0 Å². The average molecular weight is 382 g/mol. The lowest BCUT2D eigenvalue weighted by atomic mass is 9.90. The van der Waals surface area contributed by atoms with Gasteiger partial charge in [-0.2, -0.15) is 0 Å². The van der Waals surface area contributed by atoms with E-state index in [9.17, 15) is 9.59 Å². The van der Waals surface area contributed by atoms with Crippen LogP contribution in [-0.4, -0.2) is 32.0 Å². The highest BCUT2D eigenvalue weighted by Gasteiger charge is 2.25. The number of allylic oxidation sites excluding steroid dienone is 4. The van der Waals surface area contributed by atoms with Crippen LogP contribution in [0.15, 0.2) is 35.6 Å². The summed E-state index contributed by atoms with van der Waals surface area (Å²) in [5, 5.41) is 13.8. The van der Waals surface area contributed by atoms with Gasteiger partial charge in [-0.3, -0.25) is 4.79 Å². The van der Waals surface area contributed by atoms with Crippen molar-refractivity contribution in [2.75, 3.05) is 14.1 Å². The molecule has 0 aromatic carbocycles. The molecule has 5 nitrogen and oxygen atoms in total. The van der Waals surface area contributed by atoms with Crippen LogP contribution in [0.4, 0.5) is 0 Å². The van der Waals surface area contributed by atoms with Crippen LogP contribution >= 0.6 is 0 Å². The van der Waals surface area contributed by atoms with Crippen molar-refractivity contribution < 1.29 is 9.59 Å². The number of carbonyl (C=O) groups is 2. The number of hydrogen-bond acceptors (Lipinski definition) is 4. The number of hydrogen-bond donors (Lipinski definition) is 3. The van der Waals surface area contributed by atoms with E-state index in [1.165, 1.54) is 7.05 Å². The Labute approximate surface area is 167 Å². The predicted octanol–water partition coefficient (Wildman–Crippen LogP) is 5.05. The van der Waals surface area contributed by atoms with Crippen molar-refractivity contribution in [3.63, 3.8) is 0 Å². The molecule has 158 valence electrons. The molecule has 27 heavy (non-hydrogen) atoms. The van der Waals surface area contributed by atoms with Crippen LogP contribution in [0, 0.1) is 11.3 Å². The van der Waals surface area contributed by atoms with E-state index in [0.717, 1.165) is 11.9 Å². The zero-order valence-electron chi connectivity index (χ0n) is 19.2. The fourth-order valence-corrected chi connectivity index (χ4v) is 1.74. The first-order valence-electron chi connectivity index (χ1n) is 9.85. The van der Waals surface area contributed by atoms with Crippen molar-refractivity contribution in [3.05, 3.63) is 35.6 Å². The first kappa shape index (κ1) is 32.5. The molecular formula is C22H43N3O2. The van der Waals surface area contributed by atoms with E-state index in [1.807, 2.05) is 61.5 Å². The molecule has 0 aliphatic carbocycles. The first-order valence-corrected chi connectivity index (χ1v) is 9.85. The Bertz CT molecular complexity index is 474. The van der Waals surface area contributed by atoms with Gasteiger partial charge >= 0.3 is 0 Å². The number of aldehydes is 1. The van der Waals surface area contributed by atoms with Crippen molar-refractivity contribution >= 4 is 17.9 Å². The van der Waals surface area contributed by atoms with Crippen LogP contribution in [0.2, 0.25) is 0 Å². The van der Waals surface area contributed by atoms with Gasteiger partial charge in [0.05, 0.1) is 11.6 Å². The summed E-state index contributed by atoms with van der Waals surface area (Å²) < 4.78 is 0. The summed E-state index contributed by atoms with van der Waals surface area (Å²) >= 11 is 0. The van der Waals surface area contributed by atoms with Gasteiger partial charge in [-0.25, -0.2) is 0 Å². The quantitative estimate of drug-likeness (QED) is 0.297. The highest BCUT2D eigenvalue weighted by molar-refractivity contribution is 6.13. The second-order valence-corrected chi connectivity index (χ2v) is 4.88. The maximum absolute atomic E-state index is 12.0. The summed E-state index contributed by atoms with van der Waals surface area (Å²) in [5.74, 6) is -0.934. The summed E-state index contributed by atoms with van der Waals surface area (Å²) in [4.78, 5) is 22.5. The highest BCUT2D eigenvalue weighted by atomic mass is 16.1. The van der Waals surface area contributed by atoms with Crippen LogP contribution in [0.3, 0.4) is 0 Å². The molecule has 1 amide bonds. The van der Waals surface area contributed by atoms with E-state index in [1.54, 1.807) is 13.1 Å². The summed E-state index contributed by atoms with van der Waals surface area (Å²) in [6, 6.07) is 0. The number of carbonyl (C=O) groups excluding carboxylic acids is 2. The van der Waals surface area contributed by atoms with E-state index in [2.05, 4.69) is 17.2 Å². The molecule has 0 fully saturated rings. The zero-order valence-corrected chi connectivity index (χ0v) is 19.2. The summed E-state index contributed by atoms with van der Waals surface area (Å²) in [7, 11) is 3.24. The van der Waals surface area contributed by atoms with E-state index < -0.39 is 5.92 Å². The lowest BCUT2D eigenvalue weighted by Crippen LogP contribution is -2.34. The lowest BCUT2D eigenvalue weighted by molar-refractivity contribution is -0.122. The third-order valence-electron chi connectivity index (χ3n) is 2.98. The maximum atomic E-state index is 12.0. The number of likely N-dealkylation sites (N-methyl/N-ethyl adjacent to an activating group) is 1. The fraction of sp³-hybridized carbons (Fsp3) is 0.591. The Morgan fingerprint density at radius 3 is 1.81 bits per heavy atom. The van der Waals surface area contributed by atoms with Crippen LogP contribution in [0.25, 0.3) is 0 Å². The van der Waals surface area contributed by atoms with Gasteiger partial charge in [0, 0.05) is 31.8 Å². The minimum atomic E-state index is -0.665. The molecule has 0 aromatic heterocycles. The monoisotopic (exact) mass is 381 g/mol. The van der Waals surface area contributed by atoms with E-state index >= 15 is 0 Å². The van der Waals surface area contributed by atoms with E-state index in [0.29, 0.717) is 17.7 Å². The van der Waals surface area contributed by atoms with Crippen molar-refractivity contribution in [2.45, 2.75) is 68.2 Å². The molecule has 0 radical (unpaired) electrons. The van der Waals surface area contributed by atoms with E-state index in [-0.39, 0.29) is 18.0 Å². The molecule has 0 saturated carbocycles. The Morgan fingerprint density at radius 2 is 1.48 bits per heavy atom. The van der Waals surface area contributed by atoms with Gasteiger partial charge in [-0.1, -0.05) is 65.8 Å². The highest BCUT2D eigenvalue weighted by Crippen LogP contribution is 2.18. The molecular weight excluding hydrogens is 338 g/mol. The van der Waals surface area contributed by atoms with Crippen LogP contribution < -0.4 is 10.6 Å². The lowest BCUT2D eigenvalue weighted by Gasteiger charge is -2.19. The second kappa shape index (κ2) is 23.8. The van der Waals surface area contributed by atoms with Gasteiger partial charge in [-0.15, -0.1) is 0 Å². The van der Waals surface area contributed by atoms with Gasteiger partial charge in [0.25, 0.3) is 0 Å². The minimum absolute atomic E-state index is 0.160. The molecule has 5 heteroatoms. The molecule has 0 aromatic rings. The van der Waals surface area contributed by atoms with Gasteiger partial charge < -0.3 is 20.8 Å². The van der Waals surface area contributed by atoms with Gasteiger partial charge in [-0.05, 0) is 20.3 Å². The Morgan fingerprint density at radius 1 is 1.00 bits per heavy atom. The summed E-state index contributed by atoms with van der Waals surface area (Å²) in [6.07, 6.45) is 4.95. The average Bonchev–Trinajstić information content (AvgIpc) is 2.72. The van der Waals surface area contributed by atoms with Crippen LogP contribution in [-0.2, 0) is 9.59 Å². The molecule has 0 rings (SSSR count). The molecule has 1 atom stereocenters. The SMILES string of the molecule is C=C(NC)/C(=C\C=C(C)C)C(=N)C(CCC=O)C(=O)NC.CC.CC.CC. The smallest absolute Gasteiger partial charge is 0.228 e. The van der Waals surface area contributed by atoms with Crippen molar-refractivity contribution in [3.8, 4) is 0 Å². The molecule has 0 spiro atoms. The molecule has 0 aliphatic heterocycles. The molecule has 0 aliphatic rings. The third kappa shape index (κ3) is 15.8. The summed E-state index contributed by atoms with van der Waals surface area (Å²) in [6.45, 7) is 19.8. The minimum Gasteiger partial charge on any atom is -0.388 e. The Kier molecular flexibility index (Phi) is 28.7. The first-order chi connectivity index (χ1) is 12.9. The number of nitrogens with one attached hydrogen (secondary N) is 3. The van der Waals surface area contributed by atoms with Gasteiger partial charge in [0.2, 0.25) is 5.91 Å². The Balaban J connectivity index is -0.000000397. The molecule has 0 saturated heterocycles. The third-order valence-corrected chi connectivity index (χ3v) is 2.98. The zero-order chi connectivity index (χ0) is 22.4. The largest absolute Gasteiger partial charge is 0.388 e.